The fourth-order valence-electron chi connectivity index (χ4n) is 3.67. The number of carbonyl (C=O) groups is 1. The normalized spacial score (nSPS) is 27.8. The molecule has 122 valence electrons. The molecule has 0 aromatic heterocycles. The van der Waals surface area contributed by atoms with E-state index >= 15 is 0 Å². The number of aliphatic hydroxyl groups excluding tert-OH is 1. The largest absolute Gasteiger partial charge is 0.393 e. The predicted molar refractivity (Wildman–Crippen MR) is 85.2 cm³/mol. The summed E-state index contributed by atoms with van der Waals surface area (Å²) in [7, 11) is 1.86. The first kappa shape index (κ1) is 16.6. The second-order valence-corrected chi connectivity index (χ2v) is 7.30. The molecule has 0 unspecified atom stereocenters. The van der Waals surface area contributed by atoms with Gasteiger partial charge in [0.1, 0.15) is 0 Å². The van der Waals surface area contributed by atoms with Crippen LogP contribution in [0.2, 0.25) is 0 Å². The molecular formula is C17H32N2O2. The number of nitrogens with zero attached hydrogens (tertiary/aromatic N) is 1. The minimum atomic E-state index is -0.138. The topological polar surface area (TPSA) is 52.6 Å². The molecule has 0 aliphatic heterocycles. The number of hydrogen-bond donors (Lipinski definition) is 2. The number of hydrogen-bond acceptors (Lipinski definition) is 2. The van der Waals surface area contributed by atoms with Crippen molar-refractivity contribution in [1.29, 1.82) is 0 Å². The van der Waals surface area contributed by atoms with Gasteiger partial charge in [-0.15, -0.1) is 0 Å². The number of aliphatic hydroxyl groups is 1. The van der Waals surface area contributed by atoms with Crippen LogP contribution in [-0.2, 0) is 0 Å². The zero-order valence-corrected chi connectivity index (χ0v) is 13.7. The summed E-state index contributed by atoms with van der Waals surface area (Å²) in [5.74, 6) is 1.36. The lowest BCUT2D eigenvalue weighted by atomic mass is 9.82. The highest BCUT2D eigenvalue weighted by Gasteiger charge is 2.29. The molecule has 21 heavy (non-hydrogen) atoms. The van der Waals surface area contributed by atoms with Gasteiger partial charge in [-0.05, 0) is 44.4 Å². The van der Waals surface area contributed by atoms with Crippen LogP contribution in [0.25, 0.3) is 0 Å². The van der Waals surface area contributed by atoms with Gasteiger partial charge >= 0.3 is 6.03 Å². The molecule has 2 saturated carbocycles. The van der Waals surface area contributed by atoms with Crippen molar-refractivity contribution in [1.82, 2.24) is 10.2 Å². The first-order valence-corrected chi connectivity index (χ1v) is 8.74. The second-order valence-electron chi connectivity index (χ2n) is 7.30. The van der Waals surface area contributed by atoms with Crippen LogP contribution in [0.5, 0.6) is 0 Å². The van der Waals surface area contributed by atoms with Crippen LogP contribution in [0.15, 0.2) is 0 Å². The Hall–Kier alpha value is -0.770. The van der Waals surface area contributed by atoms with Crippen LogP contribution in [0.3, 0.4) is 0 Å². The van der Waals surface area contributed by atoms with Crippen LogP contribution in [0, 0.1) is 11.8 Å². The quantitative estimate of drug-likeness (QED) is 0.791. The lowest BCUT2D eigenvalue weighted by Crippen LogP contribution is -2.46. The lowest BCUT2D eigenvalue weighted by molar-refractivity contribution is 0.0323. The predicted octanol–water partition coefficient (Wildman–Crippen LogP) is 3.15. The molecular weight excluding hydrogens is 264 g/mol. The highest BCUT2D eigenvalue weighted by atomic mass is 16.3. The molecule has 2 rings (SSSR count). The third-order valence-electron chi connectivity index (χ3n) is 5.19. The highest BCUT2D eigenvalue weighted by Crippen LogP contribution is 2.28. The van der Waals surface area contributed by atoms with Crippen LogP contribution < -0.4 is 5.32 Å². The van der Waals surface area contributed by atoms with E-state index in [1.807, 2.05) is 7.05 Å². The Balaban J connectivity index is 1.59. The van der Waals surface area contributed by atoms with Crippen molar-refractivity contribution in [3.63, 3.8) is 0 Å². The maximum atomic E-state index is 12.1. The van der Waals surface area contributed by atoms with Gasteiger partial charge < -0.3 is 15.3 Å². The minimum absolute atomic E-state index is 0.0348. The second kappa shape index (κ2) is 8.02. The highest BCUT2D eigenvalue weighted by molar-refractivity contribution is 5.74. The average molecular weight is 296 g/mol. The van der Waals surface area contributed by atoms with Crippen LogP contribution in [0.4, 0.5) is 4.79 Å². The van der Waals surface area contributed by atoms with Crippen molar-refractivity contribution < 1.29 is 9.90 Å². The van der Waals surface area contributed by atoms with Gasteiger partial charge in [-0.2, -0.15) is 0 Å². The van der Waals surface area contributed by atoms with Crippen molar-refractivity contribution in [2.75, 3.05) is 13.6 Å². The van der Waals surface area contributed by atoms with E-state index in [-0.39, 0.29) is 18.2 Å². The Bertz CT molecular complexity index is 323. The Morgan fingerprint density at radius 3 is 2.52 bits per heavy atom. The number of urea groups is 1. The molecule has 2 aliphatic rings. The maximum absolute atomic E-state index is 12.1. The van der Waals surface area contributed by atoms with Gasteiger partial charge in [0.05, 0.1) is 6.10 Å². The zero-order valence-electron chi connectivity index (χ0n) is 13.7. The third-order valence-corrected chi connectivity index (χ3v) is 5.19. The summed E-state index contributed by atoms with van der Waals surface area (Å²) < 4.78 is 0. The fraction of sp³-hybridized carbons (Fsp3) is 0.941. The maximum Gasteiger partial charge on any atom is 0.317 e. The Kier molecular flexibility index (Phi) is 6.34. The summed E-state index contributed by atoms with van der Waals surface area (Å²) in [5, 5.41) is 12.4. The molecule has 0 spiro atoms. The average Bonchev–Trinajstić information content (AvgIpc) is 2.44. The summed E-state index contributed by atoms with van der Waals surface area (Å²) in [6.07, 6.45) is 10.8. The van der Waals surface area contributed by atoms with E-state index in [4.69, 9.17) is 0 Å². The summed E-state index contributed by atoms with van der Waals surface area (Å²) in [5.41, 5.74) is 0. The number of carbonyl (C=O) groups excluding carboxylic acids is 1. The van der Waals surface area contributed by atoms with E-state index in [1.165, 1.54) is 38.5 Å². The Morgan fingerprint density at radius 1 is 1.24 bits per heavy atom. The van der Waals surface area contributed by atoms with Gasteiger partial charge in [0.2, 0.25) is 0 Å². The summed E-state index contributed by atoms with van der Waals surface area (Å²) in [4.78, 5) is 13.9. The van der Waals surface area contributed by atoms with Gasteiger partial charge in [0, 0.05) is 19.6 Å². The Morgan fingerprint density at radius 2 is 1.90 bits per heavy atom. The molecule has 2 amide bonds. The van der Waals surface area contributed by atoms with Gasteiger partial charge in [-0.3, -0.25) is 0 Å². The molecule has 0 saturated heterocycles. The molecule has 4 nitrogen and oxygen atoms in total. The molecule has 0 radical (unpaired) electrons. The minimum Gasteiger partial charge on any atom is -0.393 e. The molecule has 0 aromatic rings. The van der Waals surface area contributed by atoms with E-state index in [9.17, 15) is 9.90 Å². The molecule has 0 bridgehead atoms. The van der Waals surface area contributed by atoms with Crippen LogP contribution in [0.1, 0.15) is 64.7 Å². The van der Waals surface area contributed by atoms with Gasteiger partial charge in [-0.25, -0.2) is 4.79 Å². The van der Waals surface area contributed by atoms with Crippen molar-refractivity contribution >= 4 is 6.03 Å². The van der Waals surface area contributed by atoms with Gasteiger partial charge in [0.25, 0.3) is 0 Å². The smallest absolute Gasteiger partial charge is 0.317 e. The summed E-state index contributed by atoms with van der Waals surface area (Å²) in [6.45, 7) is 2.87. The SMILES string of the molecule is C[C@@H](CCC1CCCCC1)NC(=O)N(C)CC1CC(O)C1. The first-order chi connectivity index (χ1) is 10.0. The van der Waals surface area contributed by atoms with Crippen molar-refractivity contribution in [2.24, 2.45) is 11.8 Å². The van der Waals surface area contributed by atoms with Crippen molar-refractivity contribution in [3.05, 3.63) is 0 Å². The first-order valence-electron chi connectivity index (χ1n) is 8.74. The lowest BCUT2D eigenvalue weighted by Gasteiger charge is -2.34. The molecule has 2 fully saturated rings. The van der Waals surface area contributed by atoms with Crippen molar-refractivity contribution in [3.8, 4) is 0 Å². The number of amides is 2. The van der Waals surface area contributed by atoms with Crippen LogP contribution in [-0.4, -0.2) is 41.8 Å². The van der Waals surface area contributed by atoms with Gasteiger partial charge in [0.15, 0.2) is 0 Å². The van der Waals surface area contributed by atoms with Crippen LogP contribution >= 0.6 is 0 Å². The Labute approximate surface area is 129 Å². The monoisotopic (exact) mass is 296 g/mol. The fourth-order valence-corrected chi connectivity index (χ4v) is 3.67. The molecule has 2 N–H and O–H groups in total. The van der Waals surface area contributed by atoms with E-state index in [0.717, 1.165) is 31.7 Å². The van der Waals surface area contributed by atoms with Crippen molar-refractivity contribution in [2.45, 2.75) is 76.9 Å². The molecule has 2 aliphatic carbocycles. The van der Waals surface area contributed by atoms with E-state index in [1.54, 1.807) is 4.90 Å². The molecule has 1 atom stereocenters. The number of nitrogens with one attached hydrogen (secondary N) is 1. The van der Waals surface area contributed by atoms with Gasteiger partial charge in [-0.1, -0.05) is 32.1 Å². The molecule has 0 heterocycles. The van der Waals surface area contributed by atoms with E-state index in [0.29, 0.717) is 5.92 Å². The third kappa shape index (κ3) is 5.50. The number of rotatable bonds is 6. The summed E-state index contributed by atoms with van der Waals surface area (Å²) in [6, 6.07) is 0.293. The molecule has 4 heteroatoms. The summed E-state index contributed by atoms with van der Waals surface area (Å²) >= 11 is 0. The molecule has 0 aromatic carbocycles. The standard InChI is InChI=1S/C17H32N2O2/c1-13(8-9-14-6-4-3-5-7-14)18-17(21)19(2)12-15-10-16(20)11-15/h13-16,20H,3-12H2,1-2H3,(H,18,21)/t13-,15?,16?/m0/s1. The zero-order chi connectivity index (χ0) is 15.2. The van der Waals surface area contributed by atoms with E-state index in [2.05, 4.69) is 12.2 Å². The van der Waals surface area contributed by atoms with E-state index < -0.39 is 0 Å².